The Morgan fingerprint density at radius 2 is 1.93 bits per heavy atom. The molecule has 144 valence electrons. The van der Waals surface area contributed by atoms with Gasteiger partial charge in [-0.25, -0.2) is 4.98 Å². The number of aliphatic hydroxyl groups excluding tert-OH is 1. The molecule has 0 aliphatic rings. The van der Waals surface area contributed by atoms with Gasteiger partial charge in [0.1, 0.15) is 0 Å². The Hall–Kier alpha value is -2.67. The van der Waals surface area contributed by atoms with Gasteiger partial charge in [-0.2, -0.15) is 9.97 Å². The minimum Gasteiger partial charge on any atom is -0.396 e. The van der Waals surface area contributed by atoms with Crippen LogP contribution in [0.5, 0.6) is 0 Å². The average molecular weight is 368 g/mol. The number of anilines is 2. The number of hydrogen-bond acceptors (Lipinski definition) is 6. The number of nitrogens with zero attached hydrogens (tertiary/aromatic N) is 4. The molecule has 0 radical (unpaired) electrons. The first kappa shape index (κ1) is 19.1. The van der Waals surface area contributed by atoms with Gasteiger partial charge in [0.05, 0.1) is 6.33 Å². The summed E-state index contributed by atoms with van der Waals surface area (Å²) < 4.78 is 2.04. The summed E-state index contributed by atoms with van der Waals surface area (Å²) in [7, 11) is 0. The fourth-order valence-electron chi connectivity index (χ4n) is 2.98. The zero-order valence-corrected chi connectivity index (χ0v) is 16.2. The molecular weight excluding hydrogens is 340 g/mol. The zero-order chi connectivity index (χ0) is 19.2. The van der Waals surface area contributed by atoms with E-state index in [1.807, 2.05) is 29.1 Å². The highest BCUT2D eigenvalue weighted by molar-refractivity contribution is 5.84. The van der Waals surface area contributed by atoms with Crippen LogP contribution in [-0.4, -0.2) is 37.3 Å². The van der Waals surface area contributed by atoms with Gasteiger partial charge >= 0.3 is 0 Å². The van der Waals surface area contributed by atoms with Gasteiger partial charge in [0.25, 0.3) is 0 Å². The van der Waals surface area contributed by atoms with Crippen LogP contribution in [0.4, 0.5) is 11.8 Å². The van der Waals surface area contributed by atoms with Crippen LogP contribution in [-0.2, 0) is 6.54 Å². The molecule has 0 saturated carbocycles. The largest absolute Gasteiger partial charge is 0.396 e. The summed E-state index contributed by atoms with van der Waals surface area (Å²) in [4.78, 5) is 13.9. The fraction of sp³-hybridized carbons (Fsp3) is 0.450. The van der Waals surface area contributed by atoms with Crippen molar-refractivity contribution >= 4 is 22.9 Å². The molecule has 0 saturated heterocycles. The molecule has 0 aliphatic heterocycles. The Balaban J connectivity index is 1.94. The van der Waals surface area contributed by atoms with Crippen molar-refractivity contribution in [1.29, 1.82) is 0 Å². The second-order valence-electron chi connectivity index (χ2n) is 6.91. The highest BCUT2D eigenvalue weighted by atomic mass is 16.3. The number of imidazole rings is 1. The van der Waals surface area contributed by atoms with Crippen LogP contribution in [0.2, 0.25) is 0 Å². The van der Waals surface area contributed by atoms with Crippen molar-refractivity contribution in [1.82, 2.24) is 19.5 Å². The van der Waals surface area contributed by atoms with Crippen LogP contribution in [0.25, 0.3) is 11.2 Å². The van der Waals surface area contributed by atoms with E-state index < -0.39 is 0 Å². The maximum absolute atomic E-state index is 9.26. The SMILES string of the molecule is CC[C@H](CCO)Nc1nc(NCc2ccccc2)c2ncn(C(C)C)c2n1. The normalized spacial score (nSPS) is 12.5. The summed E-state index contributed by atoms with van der Waals surface area (Å²) in [6, 6.07) is 10.6. The molecule has 7 heteroatoms. The summed E-state index contributed by atoms with van der Waals surface area (Å²) in [6.07, 6.45) is 3.36. The van der Waals surface area contributed by atoms with Crippen molar-refractivity contribution in [3.05, 3.63) is 42.2 Å². The molecule has 0 bridgehead atoms. The minimum atomic E-state index is 0.129. The van der Waals surface area contributed by atoms with E-state index in [-0.39, 0.29) is 18.7 Å². The number of aliphatic hydroxyl groups is 1. The lowest BCUT2D eigenvalue weighted by atomic mass is 10.2. The molecule has 0 spiro atoms. The number of aromatic nitrogens is 4. The molecule has 0 fully saturated rings. The number of nitrogens with one attached hydrogen (secondary N) is 2. The van der Waals surface area contributed by atoms with Crippen molar-refractivity contribution in [2.75, 3.05) is 17.2 Å². The summed E-state index contributed by atoms with van der Waals surface area (Å²) in [5.74, 6) is 1.27. The van der Waals surface area contributed by atoms with Crippen LogP contribution < -0.4 is 10.6 Å². The Morgan fingerprint density at radius 3 is 2.59 bits per heavy atom. The molecule has 3 aromatic rings. The molecule has 0 unspecified atom stereocenters. The van der Waals surface area contributed by atoms with Crippen LogP contribution in [0.1, 0.15) is 45.2 Å². The molecule has 3 N–H and O–H groups in total. The van der Waals surface area contributed by atoms with E-state index in [0.29, 0.717) is 24.7 Å². The van der Waals surface area contributed by atoms with E-state index in [4.69, 9.17) is 4.98 Å². The van der Waals surface area contributed by atoms with Gasteiger partial charge in [-0.15, -0.1) is 0 Å². The molecule has 1 atom stereocenters. The number of hydrogen-bond donors (Lipinski definition) is 3. The lowest BCUT2D eigenvalue weighted by Crippen LogP contribution is -2.22. The number of benzene rings is 1. The Bertz CT molecular complexity index is 862. The van der Waals surface area contributed by atoms with Gasteiger partial charge in [-0.3, -0.25) is 0 Å². The standard InChI is InChI=1S/C20H28N6O/c1-4-16(10-11-27)23-20-24-18(21-12-15-8-6-5-7-9-15)17-19(25-20)26(13-22-17)14(2)3/h5-9,13-14,16,27H,4,10-12H2,1-3H3,(H2,21,23,24,25)/t16-/m1/s1. The van der Waals surface area contributed by atoms with Crippen molar-refractivity contribution in [3.63, 3.8) is 0 Å². The van der Waals surface area contributed by atoms with Gasteiger partial charge in [-0.05, 0) is 32.3 Å². The molecule has 7 nitrogen and oxygen atoms in total. The molecule has 2 aromatic heterocycles. The Kier molecular flexibility index (Phi) is 6.24. The summed E-state index contributed by atoms with van der Waals surface area (Å²) in [6.45, 7) is 7.09. The van der Waals surface area contributed by atoms with Crippen LogP contribution >= 0.6 is 0 Å². The molecule has 2 heterocycles. The maximum atomic E-state index is 9.26. The van der Waals surface area contributed by atoms with E-state index >= 15 is 0 Å². The third-order valence-corrected chi connectivity index (χ3v) is 4.58. The second-order valence-corrected chi connectivity index (χ2v) is 6.91. The highest BCUT2D eigenvalue weighted by Gasteiger charge is 2.16. The zero-order valence-electron chi connectivity index (χ0n) is 16.2. The quantitative estimate of drug-likeness (QED) is 0.535. The van der Waals surface area contributed by atoms with Crippen molar-refractivity contribution in [3.8, 4) is 0 Å². The summed E-state index contributed by atoms with van der Waals surface area (Å²) in [5.41, 5.74) is 2.74. The maximum Gasteiger partial charge on any atom is 0.227 e. The summed E-state index contributed by atoms with van der Waals surface area (Å²) in [5, 5.41) is 16.0. The van der Waals surface area contributed by atoms with E-state index in [0.717, 1.165) is 17.6 Å². The molecule has 27 heavy (non-hydrogen) atoms. The predicted molar refractivity (Wildman–Crippen MR) is 109 cm³/mol. The smallest absolute Gasteiger partial charge is 0.227 e. The second kappa shape index (κ2) is 8.81. The lowest BCUT2D eigenvalue weighted by molar-refractivity contribution is 0.278. The molecule has 1 aromatic carbocycles. The van der Waals surface area contributed by atoms with Crippen molar-refractivity contribution in [2.24, 2.45) is 0 Å². The van der Waals surface area contributed by atoms with Gasteiger partial charge < -0.3 is 20.3 Å². The summed E-state index contributed by atoms with van der Waals surface area (Å²) >= 11 is 0. The topological polar surface area (TPSA) is 87.9 Å². The van der Waals surface area contributed by atoms with Crippen LogP contribution in [0, 0.1) is 0 Å². The molecule has 3 rings (SSSR count). The van der Waals surface area contributed by atoms with Gasteiger partial charge in [-0.1, -0.05) is 37.3 Å². The molecule has 0 amide bonds. The van der Waals surface area contributed by atoms with Crippen molar-refractivity contribution < 1.29 is 5.11 Å². The minimum absolute atomic E-state index is 0.129. The predicted octanol–water partition coefficient (Wildman–Crippen LogP) is 3.59. The first-order chi connectivity index (χ1) is 13.1. The first-order valence-electron chi connectivity index (χ1n) is 9.52. The third kappa shape index (κ3) is 4.54. The third-order valence-electron chi connectivity index (χ3n) is 4.58. The van der Waals surface area contributed by atoms with Crippen LogP contribution in [0.3, 0.4) is 0 Å². The van der Waals surface area contributed by atoms with Crippen LogP contribution in [0.15, 0.2) is 36.7 Å². The number of fused-ring (bicyclic) bond motifs is 1. The van der Waals surface area contributed by atoms with E-state index in [1.165, 1.54) is 5.56 Å². The van der Waals surface area contributed by atoms with E-state index in [2.05, 4.69) is 53.5 Å². The lowest BCUT2D eigenvalue weighted by Gasteiger charge is -2.17. The monoisotopic (exact) mass is 368 g/mol. The van der Waals surface area contributed by atoms with E-state index in [9.17, 15) is 5.11 Å². The Morgan fingerprint density at radius 1 is 1.15 bits per heavy atom. The van der Waals surface area contributed by atoms with Gasteiger partial charge in [0, 0.05) is 25.2 Å². The molecular formula is C20H28N6O. The fourth-order valence-corrected chi connectivity index (χ4v) is 2.98. The van der Waals surface area contributed by atoms with Gasteiger partial charge in [0.2, 0.25) is 5.95 Å². The van der Waals surface area contributed by atoms with Crippen molar-refractivity contribution in [2.45, 2.75) is 52.2 Å². The van der Waals surface area contributed by atoms with E-state index in [1.54, 1.807) is 0 Å². The molecule has 0 aliphatic carbocycles. The average Bonchev–Trinajstić information content (AvgIpc) is 3.11. The highest BCUT2D eigenvalue weighted by Crippen LogP contribution is 2.24. The number of rotatable bonds is 9. The Labute approximate surface area is 159 Å². The first-order valence-corrected chi connectivity index (χ1v) is 9.52. The van der Waals surface area contributed by atoms with Gasteiger partial charge in [0.15, 0.2) is 17.0 Å².